The maximum absolute atomic E-state index is 12.6. The first-order chi connectivity index (χ1) is 14.5. The van der Waals surface area contributed by atoms with Crippen molar-refractivity contribution in [2.75, 3.05) is 33.2 Å². The van der Waals surface area contributed by atoms with E-state index in [0.717, 1.165) is 5.41 Å². The topological polar surface area (TPSA) is 150 Å². The Balaban J connectivity index is 2.40. The summed E-state index contributed by atoms with van der Waals surface area (Å²) >= 11 is 0. The molecule has 0 spiro atoms. The Morgan fingerprint density at radius 1 is 0.935 bits per heavy atom. The molecule has 2 rings (SSSR count). The van der Waals surface area contributed by atoms with Crippen molar-refractivity contribution in [3.63, 3.8) is 0 Å². The van der Waals surface area contributed by atoms with E-state index in [1.54, 1.807) is 12.1 Å². The van der Waals surface area contributed by atoms with Crippen LogP contribution in [0.15, 0.2) is 35.7 Å². The van der Waals surface area contributed by atoms with Gasteiger partial charge in [0.15, 0.2) is 11.5 Å². The van der Waals surface area contributed by atoms with Crippen LogP contribution in [-0.2, 0) is 14.6 Å². The monoisotopic (exact) mass is 475 g/mol. The summed E-state index contributed by atoms with van der Waals surface area (Å²) in [6, 6.07) is 7.02. The second-order valence-electron chi connectivity index (χ2n) is 5.81. The predicted molar refractivity (Wildman–Crippen MR) is 113 cm³/mol. The number of nitrogens with one attached hydrogen (secondary N) is 1. The zero-order chi connectivity index (χ0) is 23.2. The second kappa shape index (κ2) is 9.92. The van der Waals surface area contributed by atoms with Crippen molar-refractivity contribution in [1.82, 2.24) is 0 Å². The van der Waals surface area contributed by atoms with Gasteiger partial charge in [-0.3, -0.25) is 14.5 Å². The molecule has 0 aliphatic carbocycles. The molecule has 0 amide bonds. The Kier molecular flexibility index (Phi) is 7.80. The summed E-state index contributed by atoms with van der Waals surface area (Å²) in [5.74, 6) is 0.550. The number of hydrogen-bond acceptors (Lipinski definition) is 8. The van der Waals surface area contributed by atoms with Crippen LogP contribution in [0.3, 0.4) is 0 Å². The van der Waals surface area contributed by atoms with Gasteiger partial charge in [0.25, 0.3) is 10.0 Å². The normalized spacial score (nSPS) is 11.8. The first-order valence-electron chi connectivity index (χ1n) is 8.46. The van der Waals surface area contributed by atoms with Gasteiger partial charge >= 0.3 is 7.82 Å². The molecular formula is C18H22NO10PS. The molecule has 31 heavy (non-hydrogen) atoms. The maximum atomic E-state index is 12.6. The smallest absolute Gasteiger partial charge is 0.496 e. The highest BCUT2D eigenvalue weighted by Gasteiger charge is 2.22. The van der Waals surface area contributed by atoms with Gasteiger partial charge in [-0.2, -0.15) is 0 Å². The van der Waals surface area contributed by atoms with Crippen LogP contribution in [0.25, 0.3) is 6.08 Å². The number of hydrogen-bond donors (Lipinski definition) is 3. The summed E-state index contributed by atoms with van der Waals surface area (Å²) in [4.78, 5) is 18.0. The van der Waals surface area contributed by atoms with Gasteiger partial charge in [0, 0.05) is 12.1 Å². The molecule has 2 aromatic carbocycles. The number of methoxy groups -OCH3 is 4. The molecule has 0 aliphatic rings. The Hall–Kier alpha value is -2.92. The Labute approximate surface area is 179 Å². The maximum Gasteiger partial charge on any atom is 0.524 e. The number of sulfonamides is 1. The minimum absolute atomic E-state index is 0.0910. The van der Waals surface area contributed by atoms with E-state index in [0.29, 0.717) is 22.8 Å². The van der Waals surface area contributed by atoms with E-state index in [1.165, 1.54) is 52.7 Å². The average Bonchev–Trinajstić information content (AvgIpc) is 2.70. The fourth-order valence-corrected chi connectivity index (χ4v) is 3.80. The molecule has 170 valence electrons. The fourth-order valence-electron chi connectivity index (χ4n) is 2.55. The van der Waals surface area contributed by atoms with E-state index < -0.39 is 17.8 Å². The molecule has 0 radical (unpaired) electrons. The minimum atomic E-state index is -4.89. The number of phosphoric ester groups is 1. The van der Waals surface area contributed by atoms with Gasteiger partial charge in [0.1, 0.15) is 17.2 Å². The fraction of sp³-hybridized carbons (Fsp3) is 0.222. The number of para-hydroxylation sites is 1. The van der Waals surface area contributed by atoms with E-state index in [4.69, 9.17) is 28.7 Å². The van der Waals surface area contributed by atoms with Crippen molar-refractivity contribution in [2.45, 2.75) is 0 Å². The lowest BCUT2D eigenvalue weighted by Gasteiger charge is -2.15. The van der Waals surface area contributed by atoms with Crippen LogP contribution in [0.5, 0.6) is 28.7 Å². The molecule has 0 unspecified atom stereocenters. The van der Waals surface area contributed by atoms with Crippen LogP contribution in [-0.4, -0.2) is 46.6 Å². The van der Waals surface area contributed by atoms with Gasteiger partial charge in [-0.15, -0.1) is 0 Å². The predicted octanol–water partition coefficient (Wildman–Crippen LogP) is 2.61. The van der Waals surface area contributed by atoms with Gasteiger partial charge < -0.3 is 23.5 Å². The molecule has 0 bridgehead atoms. The minimum Gasteiger partial charge on any atom is -0.496 e. The molecule has 0 saturated heterocycles. The number of benzene rings is 2. The quantitative estimate of drug-likeness (QED) is 0.438. The van der Waals surface area contributed by atoms with E-state index in [9.17, 15) is 13.0 Å². The Morgan fingerprint density at radius 2 is 1.55 bits per heavy atom. The highest BCUT2D eigenvalue weighted by Crippen LogP contribution is 2.45. The van der Waals surface area contributed by atoms with Gasteiger partial charge in [0.2, 0.25) is 0 Å². The van der Waals surface area contributed by atoms with Crippen LogP contribution >= 0.6 is 7.82 Å². The third-order valence-corrected chi connectivity index (χ3v) is 5.25. The summed E-state index contributed by atoms with van der Waals surface area (Å²) in [5.41, 5.74) is 0.258. The van der Waals surface area contributed by atoms with Crippen molar-refractivity contribution >= 4 is 29.6 Å². The molecule has 0 aliphatic heterocycles. The third-order valence-electron chi connectivity index (χ3n) is 3.82. The van der Waals surface area contributed by atoms with Crippen molar-refractivity contribution in [2.24, 2.45) is 0 Å². The summed E-state index contributed by atoms with van der Waals surface area (Å²) < 4.78 is 63.9. The molecule has 0 heterocycles. The number of anilines is 1. The lowest BCUT2D eigenvalue weighted by Crippen LogP contribution is -2.10. The van der Waals surface area contributed by atoms with E-state index in [2.05, 4.69) is 9.25 Å². The van der Waals surface area contributed by atoms with Gasteiger partial charge in [-0.25, -0.2) is 13.0 Å². The van der Waals surface area contributed by atoms with Crippen molar-refractivity contribution in [1.29, 1.82) is 0 Å². The van der Waals surface area contributed by atoms with Crippen LogP contribution in [0.1, 0.15) is 5.56 Å². The molecule has 3 N–H and O–H groups in total. The standard InChI is InChI=1S/C18H22NO10PS/c1-25-12-10-16(26-2)13(17(11-12)27-3)8-9-31(23,24)19-14-6-5-7-15(18(14)28-4)29-30(20,21)22/h5-11,19H,1-4H3,(H2,20,21,22). The summed E-state index contributed by atoms with van der Waals surface area (Å²) in [6.07, 6.45) is 1.27. The Morgan fingerprint density at radius 3 is 2.03 bits per heavy atom. The molecule has 2 aromatic rings. The number of phosphoric acid groups is 1. The van der Waals surface area contributed by atoms with Gasteiger partial charge in [-0.1, -0.05) is 6.07 Å². The molecule has 0 saturated carbocycles. The van der Waals surface area contributed by atoms with Crippen molar-refractivity contribution in [3.05, 3.63) is 41.3 Å². The second-order valence-corrected chi connectivity index (χ2v) is 8.54. The van der Waals surface area contributed by atoms with Gasteiger partial charge in [-0.05, 0) is 18.2 Å². The SMILES string of the molecule is COc1cc(OC)c(C=CS(=O)(=O)Nc2cccc(OP(=O)(O)O)c2OC)c(OC)c1. The summed E-state index contributed by atoms with van der Waals surface area (Å²) in [5, 5.41) is 0.871. The van der Waals surface area contributed by atoms with Crippen LogP contribution in [0, 0.1) is 0 Å². The molecule has 0 aromatic heterocycles. The van der Waals surface area contributed by atoms with E-state index >= 15 is 0 Å². The lowest BCUT2D eigenvalue weighted by atomic mass is 10.1. The summed E-state index contributed by atoms with van der Waals surface area (Å²) in [6.45, 7) is 0. The molecule has 11 nitrogen and oxygen atoms in total. The first-order valence-corrected chi connectivity index (χ1v) is 11.5. The van der Waals surface area contributed by atoms with E-state index in [1.807, 2.05) is 0 Å². The number of rotatable bonds is 10. The highest BCUT2D eigenvalue weighted by molar-refractivity contribution is 7.95. The van der Waals surface area contributed by atoms with E-state index in [-0.39, 0.29) is 17.2 Å². The van der Waals surface area contributed by atoms with Crippen molar-refractivity contribution < 1.29 is 46.2 Å². The van der Waals surface area contributed by atoms with Gasteiger partial charge in [0.05, 0.1) is 45.1 Å². The third kappa shape index (κ3) is 6.53. The molecule has 13 heteroatoms. The molecular weight excluding hydrogens is 453 g/mol. The first kappa shape index (κ1) is 24.4. The highest BCUT2D eigenvalue weighted by atomic mass is 32.2. The van der Waals surface area contributed by atoms with Crippen molar-refractivity contribution in [3.8, 4) is 28.7 Å². The van der Waals surface area contributed by atoms with Crippen LogP contribution in [0.4, 0.5) is 5.69 Å². The van der Waals surface area contributed by atoms with Crippen LogP contribution < -0.4 is 28.2 Å². The largest absolute Gasteiger partial charge is 0.524 e. The zero-order valence-electron chi connectivity index (χ0n) is 17.1. The zero-order valence-corrected chi connectivity index (χ0v) is 18.8. The van der Waals surface area contributed by atoms with Crippen LogP contribution in [0.2, 0.25) is 0 Å². The average molecular weight is 475 g/mol. The summed E-state index contributed by atoms with van der Waals surface area (Å²) in [7, 11) is -3.49. The number of ether oxygens (including phenoxy) is 4. The molecule has 0 atom stereocenters. The Bertz CT molecular complexity index is 1090. The molecule has 0 fully saturated rings. The lowest BCUT2D eigenvalue weighted by molar-refractivity contribution is 0.277.